The van der Waals surface area contributed by atoms with Gasteiger partial charge in [-0.1, -0.05) is 13.8 Å². The fourth-order valence-electron chi connectivity index (χ4n) is 0.955. The van der Waals surface area contributed by atoms with Crippen LogP contribution in [0.5, 0.6) is 0 Å². The molecule has 0 amide bonds. The summed E-state index contributed by atoms with van der Waals surface area (Å²) in [5.41, 5.74) is 1.29. The van der Waals surface area contributed by atoms with Gasteiger partial charge in [-0.15, -0.1) is 11.3 Å². The Morgan fingerprint density at radius 2 is 2.15 bits per heavy atom. The monoisotopic (exact) mass is 194 g/mol. The molecule has 1 N–H and O–H groups in total. The molecular formula is C10H14N2S. The van der Waals surface area contributed by atoms with E-state index in [2.05, 4.69) is 28.3 Å². The Hall–Kier alpha value is -1.09. The van der Waals surface area contributed by atoms with Crippen LogP contribution in [0.4, 0.5) is 0 Å². The number of aromatic amines is 1. The predicted octanol–water partition coefficient (Wildman–Crippen LogP) is 3.47. The Morgan fingerprint density at radius 3 is 2.62 bits per heavy atom. The molecule has 0 bridgehead atoms. The molecule has 2 aromatic heterocycles. The third kappa shape index (κ3) is 2.42. The molecule has 0 unspecified atom stereocenters. The summed E-state index contributed by atoms with van der Waals surface area (Å²) in [6.45, 7) is 6.09. The van der Waals surface area contributed by atoms with E-state index in [1.807, 2.05) is 20.0 Å². The molecule has 0 radical (unpaired) electrons. The molecule has 2 nitrogen and oxygen atoms in total. The van der Waals surface area contributed by atoms with E-state index in [4.69, 9.17) is 0 Å². The van der Waals surface area contributed by atoms with Gasteiger partial charge in [-0.3, -0.25) is 0 Å². The van der Waals surface area contributed by atoms with Crippen LogP contribution >= 0.6 is 11.3 Å². The highest BCUT2D eigenvalue weighted by Crippen LogP contribution is 2.22. The number of hydrogen-bond acceptors (Lipinski definition) is 2. The average molecular weight is 194 g/mol. The number of imidazole rings is 1. The highest BCUT2D eigenvalue weighted by molar-refractivity contribution is 7.13. The zero-order chi connectivity index (χ0) is 9.68. The van der Waals surface area contributed by atoms with Crippen LogP contribution in [0, 0.1) is 6.92 Å². The summed E-state index contributed by atoms with van der Waals surface area (Å²) >= 11 is 1.71. The van der Waals surface area contributed by atoms with Crippen LogP contribution in [0.3, 0.4) is 0 Å². The summed E-state index contributed by atoms with van der Waals surface area (Å²) in [6.07, 6.45) is 3.61. The van der Waals surface area contributed by atoms with Gasteiger partial charge in [-0.05, 0) is 23.9 Å². The summed E-state index contributed by atoms with van der Waals surface area (Å²) in [4.78, 5) is 8.42. The molecule has 3 heteroatoms. The third-order valence-corrected chi connectivity index (χ3v) is 2.52. The molecule has 2 aromatic rings. The maximum Gasteiger partial charge on any atom is 0.147 e. The Morgan fingerprint density at radius 1 is 1.38 bits per heavy atom. The van der Waals surface area contributed by atoms with Crippen molar-refractivity contribution in [2.24, 2.45) is 0 Å². The minimum Gasteiger partial charge on any atom is -0.344 e. The van der Waals surface area contributed by atoms with E-state index < -0.39 is 0 Å². The zero-order valence-corrected chi connectivity index (χ0v) is 8.98. The van der Waals surface area contributed by atoms with Gasteiger partial charge in [0.2, 0.25) is 0 Å². The van der Waals surface area contributed by atoms with Crippen molar-refractivity contribution in [1.82, 2.24) is 9.97 Å². The largest absolute Gasteiger partial charge is 0.344 e. The van der Waals surface area contributed by atoms with Gasteiger partial charge in [0.15, 0.2) is 0 Å². The lowest BCUT2D eigenvalue weighted by Crippen LogP contribution is -1.72. The lowest BCUT2D eigenvalue weighted by molar-refractivity contribution is 1.33. The second kappa shape index (κ2) is 4.82. The molecule has 2 heterocycles. The van der Waals surface area contributed by atoms with Crippen molar-refractivity contribution in [2.75, 3.05) is 0 Å². The van der Waals surface area contributed by atoms with E-state index >= 15 is 0 Å². The zero-order valence-electron chi connectivity index (χ0n) is 8.16. The summed E-state index contributed by atoms with van der Waals surface area (Å²) in [6, 6.07) is 2.13. The molecular weight excluding hydrogens is 180 g/mol. The van der Waals surface area contributed by atoms with Gasteiger partial charge in [0.25, 0.3) is 0 Å². The normalized spacial score (nSPS) is 9.15. The number of H-pyrrole nitrogens is 1. The number of thiophene rings is 1. The van der Waals surface area contributed by atoms with E-state index in [9.17, 15) is 0 Å². The minimum atomic E-state index is 0.961. The Kier molecular flexibility index (Phi) is 3.71. The molecule has 0 aliphatic heterocycles. The molecule has 70 valence electrons. The van der Waals surface area contributed by atoms with Crippen molar-refractivity contribution in [3.63, 3.8) is 0 Å². The standard InChI is InChI=1S/C8H8N2S.C2H6/c1-6-4-7(11-5-6)8-9-2-3-10-8;1-2/h2-5H,1H3,(H,9,10);1-2H3. The maximum absolute atomic E-state index is 4.15. The number of aromatic nitrogens is 2. The van der Waals surface area contributed by atoms with Crippen LogP contribution < -0.4 is 0 Å². The van der Waals surface area contributed by atoms with Crippen molar-refractivity contribution in [3.05, 3.63) is 29.4 Å². The molecule has 0 atom stereocenters. The summed E-state index contributed by atoms with van der Waals surface area (Å²) < 4.78 is 0. The van der Waals surface area contributed by atoms with Gasteiger partial charge < -0.3 is 4.98 Å². The van der Waals surface area contributed by atoms with Crippen LogP contribution in [0.1, 0.15) is 19.4 Å². The first-order valence-electron chi connectivity index (χ1n) is 4.41. The topological polar surface area (TPSA) is 28.7 Å². The quantitative estimate of drug-likeness (QED) is 0.739. The summed E-state index contributed by atoms with van der Waals surface area (Å²) in [5, 5.41) is 2.12. The van der Waals surface area contributed by atoms with E-state index in [1.54, 1.807) is 17.5 Å². The first kappa shape index (κ1) is 9.99. The second-order valence-corrected chi connectivity index (χ2v) is 3.34. The molecule has 0 saturated carbocycles. The lowest BCUT2D eigenvalue weighted by Gasteiger charge is -1.85. The molecule has 0 aliphatic carbocycles. The fraction of sp³-hybridized carbons (Fsp3) is 0.300. The first-order chi connectivity index (χ1) is 6.36. The number of hydrogen-bond donors (Lipinski definition) is 1. The third-order valence-electron chi connectivity index (χ3n) is 1.46. The average Bonchev–Trinajstić information content (AvgIpc) is 2.77. The SMILES string of the molecule is CC.Cc1csc(-c2ncc[nH]2)c1. The predicted molar refractivity (Wildman–Crippen MR) is 58.0 cm³/mol. The van der Waals surface area contributed by atoms with E-state index in [-0.39, 0.29) is 0 Å². The van der Waals surface area contributed by atoms with Crippen LogP contribution in [0.2, 0.25) is 0 Å². The van der Waals surface area contributed by atoms with Crippen LogP contribution in [0.25, 0.3) is 10.7 Å². The molecule has 0 saturated heterocycles. The molecule has 13 heavy (non-hydrogen) atoms. The lowest BCUT2D eigenvalue weighted by atomic mass is 10.3. The Balaban J connectivity index is 0.000000396. The van der Waals surface area contributed by atoms with E-state index in [0.29, 0.717) is 0 Å². The second-order valence-electron chi connectivity index (χ2n) is 2.43. The van der Waals surface area contributed by atoms with Gasteiger partial charge in [0.1, 0.15) is 5.82 Å². The van der Waals surface area contributed by atoms with Gasteiger partial charge in [0, 0.05) is 12.4 Å². The number of aryl methyl sites for hydroxylation is 1. The van der Waals surface area contributed by atoms with E-state index in [0.717, 1.165) is 5.82 Å². The molecule has 0 aromatic carbocycles. The van der Waals surface area contributed by atoms with E-state index in [1.165, 1.54) is 10.4 Å². The fourth-order valence-corrected chi connectivity index (χ4v) is 1.81. The van der Waals surface area contributed by atoms with Crippen molar-refractivity contribution < 1.29 is 0 Å². The summed E-state index contributed by atoms with van der Waals surface area (Å²) in [7, 11) is 0. The smallest absolute Gasteiger partial charge is 0.147 e. The Bertz CT molecular complexity index is 335. The first-order valence-corrected chi connectivity index (χ1v) is 5.29. The molecule has 0 aliphatic rings. The van der Waals surface area contributed by atoms with Crippen LogP contribution in [-0.4, -0.2) is 9.97 Å². The highest BCUT2D eigenvalue weighted by Gasteiger charge is 2.00. The van der Waals surface area contributed by atoms with Gasteiger partial charge >= 0.3 is 0 Å². The van der Waals surface area contributed by atoms with Gasteiger partial charge in [-0.25, -0.2) is 4.98 Å². The van der Waals surface area contributed by atoms with Crippen molar-refractivity contribution in [1.29, 1.82) is 0 Å². The maximum atomic E-state index is 4.15. The van der Waals surface area contributed by atoms with Crippen LogP contribution in [0.15, 0.2) is 23.8 Å². The Labute approximate surface area is 82.7 Å². The van der Waals surface area contributed by atoms with Crippen LogP contribution in [-0.2, 0) is 0 Å². The number of nitrogens with zero attached hydrogens (tertiary/aromatic N) is 1. The highest BCUT2D eigenvalue weighted by atomic mass is 32.1. The van der Waals surface area contributed by atoms with Crippen molar-refractivity contribution in [2.45, 2.75) is 20.8 Å². The number of rotatable bonds is 1. The minimum absolute atomic E-state index is 0.961. The van der Waals surface area contributed by atoms with Gasteiger partial charge in [-0.2, -0.15) is 0 Å². The van der Waals surface area contributed by atoms with Crippen molar-refractivity contribution >= 4 is 11.3 Å². The number of nitrogens with one attached hydrogen (secondary N) is 1. The molecule has 2 rings (SSSR count). The van der Waals surface area contributed by atoms with Crippen molar-refractivity contribution in [3.8, 4) is 10.7 Å². The molecule has 0 spiro atoms. The molecule has 0 fully saturated rings. The summed E-state index contributed by atoms with van der Waals surface area (Å²) in [5.74, 6) is 0.961. The van der Waals surface area contributed by atoms with Gasteiger partial charge in [0.05, 0.1) is 4.88 Å².